The van der Waals surface area contributed by atoms with Crippen molar-refractivity contribution in [1.29, 1.82) is 0 Å². The monoisotopic (exact) mass is 282 g/mol. The first-order valence-corrected chi connectivity index (χ1v) is 6.53. The molecule has 106 valence electrons. The Morgan fingerprint density at radius 3 is 2.52 bits per heavy atom. The van der Waals surface area contributed by atoms with E-state index in [0.717, 1.165) is 0 Å². The lowest BCUT2D eigenvalue weighted by Crippen LogP contribution is -2.35. The molecule has 0 heterocycles. The number of phenols is 2. The minimum Gasteiger partial charge on any atom is -0.504 e. The molecule has 1 unspecified atom stereocenters. The summed E-state index contributed by atoms with van der Waals surface area (Å²) in [6, 6.07) is 9.37. The van der Waals surface area contributed by atoms with E-state index in [2.05, 4.69) is 6.58 Å². The molecular formula is C17H14O4. The van der Waals surface area contributed by atoms with E-state index in [-0.39, 0.29) is 29.1 Å². The molecule has 2 aromatic rings. The molecule has 21 heavy (non-hydrogen) atoms. The highest BCUT2D eigenvalue weighted by molar-refractivity contribution is 6.13. The van der Waals surface area contributed by atoms with Gasteiger partial charge in [-0.05, 0) is 17.7 Å². The number of carbonyl (C=O) groups is 1. The summed E-state index contributed by atoms with van der Waals surface area (Å²) in [7, 11) is 0. The van der Waals surface area contributed by atoms with Crippen LogP contribution < -0.4 is 0 Å². The van der Waals surface area contributed by atoms with Gasteiger partial charge in [-0.25, -0.2) is 0 Å². The molecule has 1 aliphatic rings. The second kappa shape index (κ2) is 4.46. The van der Waals surface area contributed by atoms with Crippen LogP contribution in [0.3, 0.4) is 0 Å². The van der Waals surface area contributed by atoms with Crippen molar-refractivity contribution in [2.75, 3.05) is 0 Å². The fourth-order valence-corrected chi connectivity index (χ4v) is 2.93. The molecule has 0 bridgehead atoms. The van der Waals surface area contributed by atoms with Crippen LogP contribution in [0, 0.1) is 0 Å². The minimum absolute atomic E-state index is 0.0334. The number of rotatable bonds is 2. The van der Waals surface area contributed by atoms with Crippen LogP contribution in [0.15, 0.2) is 49.1 Å². The topological polar surface area (TPSA) is 77.8 Å². The lowest BCUT2D eigenvalue weighted by molar-refractivity contribution is 0.0717. The van der Waals surface area contributed by atoms with Gasteiger partial charge >= 0.3 is 0 Å². The number of phenolic OH excluding ortho intramolecular Hbond substituents is 2. The summed E-state index contributed by atoms with van der Waals surface area (Å²) < 4.78 is 0. The molecule has 1 atom stereocenters. The Kier molecular flexibility index (Phi) is 2.85. The van der Waals surface area contributed by atoms with Crippen molar-refractivity contribution >= 4 is 5.78 Å². The molecule has 0 radical (unpaired) electrons. The average molecular weight is 282 g/mol. The van der Waals surface area contributed by atoms with Crippen LogP contribution in [0.1, 0.15) is 33.5 Å². The van der Waals surface area contributed by atoms with Gasteiger partial charge in [0.05, 0.1) is 0 Å². The van der Waals surface area contributed by atoms with Gasteiger partial charge in [0, 0.05) is 23.1 Å². The number of hydrogen-bond acceptors (Lipinski definition) is 4. The Hall–Kier alpha value is -2.59. The van der Waals surface area contributed by atoms with Crippen molar-refractivity contribution in [2.45, 2.75) is 12.0 Å². The molecule has 0 saturated carbocycles. The van der Waals surface area contributed by atoms with Gasteiger partial charge in [-0.15, -0.1) is 6.58 Å². The summed E-state index contributed by atoms with van der Waals surface area (Å²) in [5, 5.41) is 31.0. The van der Waals surface area contributed by atoms with Crippen LogP contribution in [-0.2, 0) is 5.60 Å². The third-order valence-corrected chi connectivity index (χ3v) is 3.87. The van der Waals surface area contributed by atoms with E-state index in [0.29, 0.717) is 11.1 Å². The number of carbonyl (C=O) groups excluding carboxylic acids is 1. The van der Waals surface area contributed by atoms with Gasteiger partial charge in [0.25, 0.3) is 0 Å². The summed E-state index contributed by atoms with van der Waals surface area (Å²) in [6.45, 7) is 3.63. The van der Waals surface area contributed by atoms with E-state index < -0.39 is 11.4 Å². The third-order valence-electron chi connectivity index (χ3n) is 3.87. The van der Waals surface area contributed by atoms with Crippen molar-refractivity contribution in [3.8, 4) is 11.5 Å². The fourth-order valence-electron chi connectivity index (χ4n) is 2.93. The molecule has 0 aromatic heterocycles. The molecule has 0 amide bonds. The second-order valence-corrected chi connectivity index (χ2v) is 5.08. The molecular weight excluding hydrogens is 268 g/mol. The van der Waals surface area contributed by atoms with Gasteiger partial charge in [0.15, 0.2) is 17.3 Å². The average Bonchev–Trinajstić information content (AvgIpc) is 2.48. The van der Waals surface area contributed by atoms with Gasteiger partial charge in [0.1, 0.15) is 5.60 Å². The summed E-state index contributed by atoms with van der Waals surface area (Å²) in [5.41, 5.74) is -0.577. The van der Waals surface area contributed by atoms with Crippen molar-refractivity contribution in [1.82, 2.24) is 0 Å². The molecule has 0 fully saturated rings. The van der Waals surface area contributed by atoms with Gasteiger partial charge in [0.2, 0.25) is 0 Å². The predicted octanol–water partition coefficient (Wildman–Crippen LogP) is 2.45. The van der Waals surface area contributed by atoms with E-state index >= 15 is 0 Å². The quantitative estimate of drug-likeness (QED) is 0.584. The zero-order chi connectivity index (χ0) is 15.2. The van der Waals surface area contributed by atoms with Crippen molar-refractivity contribution in [2.24, 2.45) is 0 Å². The number of ketones is 1. The summed E-state index contributed by atoms with van der Waals surface area (Å²) in [6.07, 6.45) is 1.63. The van der Waals surface area contributed by atoms with E-state index in [1.54, 1.807) is 24.3 Å². The molecule has 4 heteroatoms. The minimum atomic E-state index is -1.59. The number of hydrogen-bond donors (Lipinski definition) is 3. The standard InChI is InChI=1S/C17H14O4/c1-2-9-17(21)12-6-4-3-5-10(12)15(19)11-7-8-13(18)16(20)14(11)17/h2-8,18,20-21H,1,9H2. The van der Waals surface area contributed by atoms with Gasteiger partial charge in [-0.3, -0.25) is 4.79 Å². The van der Waals surface area contributed by atoms with Gasteiger partial charge in [-0.2, -0.15) is 0 Å². The SMILES string of the molecule is C=CCC1(O)c2ccccc2C(=O)c2ccc(O)c(O)c21. The van der Waals surface area contributed by atoms with Crippen LogP contribution in [0.25, 0.3) is 0 Å². The number of benzene rings is 2. The molecule has 3 rings (SSSR count). The summed E-state index contributed by atoms with van der Waals surface area (Å²) >= 11 is 0. The zero-order valence-electron chi connectivity index (χ0n) is 11.2. The maximum Gasteiger partial charge on any atom is 0.193 e. The lowest BCUT2D eigenvalue weighted by atomic mass is 9.72. The number of aliphatic hydroxyl groups is 1. The molecule has 0 aliphatic heterocycles. The first-order valence-electron chi connectivity index (χ1n) is 6.53. The van der Waals surface area contributed by atoms with Crippen molar-refractivity contribution < 1.29 is 20.1 Å². The van der Waals surface area contributed by atoms with Crippen molar-refractivity contribution in [3.63, 3.8) is 0 Å². The molecule has 1 aliphatic carbocycles. The maximum atomic E-state index is 12.5. The van der Waals surface area contributed by atoms with Crippen molar-refractivity contribution in [3.05, 3.63) is 71.3 Å². The van der Waals surface area contributed by atoms with E-state index in [4.69, 9.17) is 0 Å². The van der Waals surface area contributed by atoms with Crippen LogP contribution in [0.2, 0.25) is 0 Å². The molecule has 2 aromatic carbocycles. The van der Waals surface area contributed by atoms with E-state index in [1.165, 1.54) is 18.2 Å². The Morgan fingerprint density at radius 2 is 1.81 bits per heavy atom. The van der Waals surface area contributed by atoms with Gasteiger partial charge in [-0.1, -0.05) is 30.3 Å². The predicted molar refractivity (Wildman–Crippen MR) is 77.5 cm³/mol. The molecule has 0 saturated heterocycles. The first-order chi connectivity index (χ1) is 10.0. The highest BCUT2D eigenvalue weighted by Gasteiger charge is 2.43. The van der Waals surface area contributed by atoms with E-state index in [9.17, 15) is 20.1 Å². The molecule has 4 nitrogen and oxygen atoms in total. The first kappa shape index (κ1) is 13.4. The second-order valence-electron chi connectivity index (χ2n) is 5.08. The van der Waals surface area contributed by atoms with E-state index in [1.807, 2.05) is 0 Å². The number of fused-ring (bicyclic) bond motifs is 2. The Labute approximate surface area is 121 Å². The fraction of sp³-hybridized carbons (Fsp3) is 0.118. The summed E-state index contributed by atoms with van der Waals surface area (Å²) in [5.74, 6) is -1.13. The Balaban J connectivity index is 2.42. The molecule has 0 spiro atoms. The van der Waals surface area contributed by atoms with Gasteiger partial charge < -0.3 is 15.3 Å². The maximum absolute atomic E-state index is 12.5. The van der Waals surface area contributed by atoms with Crippen LogP contribution in [-0.4, -0.2) is 21.1 Å². The zero-order valence-corrected chi connectivity index (χ0v) is 11.2. The highest BCUT2D eigenvalue weighted by Crippen LogP contribution is 2.48. The highest BCUT2D eigenvalue weighted by atomic mass is 16.3. The Bertz CT molecular complexity index is 763. The van der Waals surface area contributed by atoms with Crippen LogP contribution >= 0.6 is 0 Å². The smallest absolute Gasteiger partial charge is 0.193 e. The molecule has 3 N–H and O–H groups in total. The number of aromatic hydroxyl groups is 2. The lowest BCUT2D eigenvalue weighted by Gasteiger charge is -2.35. The Morgan fingerprint density at radius 1 is 1.10 bits per heavy atom. The summed E-state index contributed by atoms with van der Waals surface area (Å²) in [4.78, 5) is 12.5. The third kappa shape index (κ3) is 1.69. The largest absolute Gasteiger partial charge is 0.504 e. The normalized spacial score (nSPS) is 19.8. The van der Waals surface area contributed by atoms with Crippen LogP contribution in [0.4, 0.5) is 0 Å². The van der Waals surface area contributed by atoms with Crippen LogP contribution in [0.5, 0.6) is 11.5 Å².